The minimum absolute atomic E-state index is 0.167. The molecule has 0 heterocycles. The van der Waals surface area contributed by atoms with Crippen LogP contribution in [0.2, 0.25) is 0 Å². The molecule has 0 aliphatic heterocycles. The zero-order chi connectivity index (χ0) is 12.1. The molecule has 1 aromatic rings. The topological polar surface area (TPSA) is 73.6 Å². The fourth-order valence-corrected chi connectivity index (χ4v) is 1.14. The number of carbonyl (C=O) groups excluding carboxylic acids is 1. The van der Waals surface area contributed by atoms with Crippen LogP contribution in [0.3, 0.4) is 0 Å². The van der Waals surface area contributed by atoms with Gasteiger partial charge in [0.05, 0.1) is 24.6 Å². The summed E-state index contributed by atoms with van der Waals surface area (Å²) in [4.78, 5) is 11.3. The summed E-state index contributed by atoms with van der Waals surface area (Å²) >= 11 is 0. The van der Waals surface area contributed by atoms with E-state index >= 15 is 0 Å². The summed E-state index contributed by atoms with van der Waals surface area (Å²) in [6.07, 6.45) is -0.689. The number of rotatable bonds is 3. The van der Waals surface area contributed by atoms with Gasteiger partial charge in [-0.1, -0.05) is 0 Å². The number of anilines is 2. The smallest absolute Gasteiger partial charge is 0.411 e. The lowest BCUT2D eigenvalue weighted by Crippen LogP contribution is -2.18. The lowest BCUT2D eigenvalue weighted by Gasteiger charge is -2.11. The summed E-state index contributed by atoms with van der Waals surface area (Å²) in [6.45, 7) is 3.55. The average molecular weight is 224 g/mol. The predicted molar refractivity (Wildman–Crippen MR) is 62.6 cm³/mol. The maximum Gasteiger partial charge on any atom is 0.411 e. The van der Waals surface area contributed by atoms with Gasteiger partial charge in [-0.2, -0.15) is 0 Å². The molecule has 0 aromatic heterocycles. The van der Waals surface area contributed by atoms with Gasteiger partial charge in [0.2, 0.25) is 0 Å². The molecule has 0 unspecified atom stereocenters. The Hall–Kier alpha value is -1.91. The van der Waals surface area contributed by atoms with Crippen LogP contribution in [0.4, 0.5) is 16.2 Å². The summed E-state index contributed by atoms with van der Waals surface area (Å²) < 4.78 is 9.92. The van der Waals surface area contributed by atoms with Crippen molar-refractivity contribution in [2.45, 2.75) is 20.0 Å². The van der Waals surface area contributed by atoms with Crippen LogP contribution in [0.5, 0.6) is 5.75 Å². The first-order valence-electron chi connectivity index (χ1n) is 4.94. The first-order valence-corrected chi connectivity index (χ1v) is 4.94. The van der Waals surface area contributed by atoms with Crippen molar-refractivity contribution < 1.29 is 14.3 Å². The van der Waals surface area contributed by atoms with Crippen molar-refractivity contribution in [3.05, 3.63) is 18.2 Å². The van der Waals surface area contributed by atoms with Crippen molar-refractivity contribution in [2.75, 3.05) is 18.2 Å². The van der Waals surface area contributed by atoms with Crippen molar-refractivity contribution in [3.8, 4) is 5.75 Å². The Labute approximate surface area is 94.5 Å². The van der Waals surface area contributed by atoms with Crippen LogP contribution in [-0.2, 0) is 4.74 Å². The highest BCUT2D eigenvalue weighted by Crippen LogP contribution is 2.24. The summed E-state index contributed by atoms with van der Waals surface area (Å²) in [7, 11) is 1.55. The molecule has 0 radical (unpaired) electrons. The van der Waals surface area contributed by atoms with Crippen LogP contribution >= 0.6 is 0 Å². The molecule has 16 heavy (non-hydrogen) atoms. The van der Waals surface area contributed by atoms with Crippen molar-refractivity contribution in [1.82, 2.24) is 0 Å². The van der Waals surface area contributed by atoms with E-state index in [-0.39, 0.29) is 6.10 Å². The van der Waals surface area contributed by atoms with E-state index in [2.05, 4.69) is 5.32 Å². The molecular formula is C11H16N2O3. The molecule has 5 heteroatoms. The fourth-order valence-electron chi connectivity index (χ4n) is 1.14. The van der Waals surface area contributed by atoms with Crippen LogP contribution in [0.1, 0.15) is 13.8 Å². The van der Waals surface area contributed by atoms with Gasteiger partial charge in [0, 0.05) is 6.07 Å². The van der Waals surface area contributed by atoms with Crippen molar-refractivity contribution in [1.29, 1.82) is 0 Å². The second-order valence-electron chi connectivity index (χ2n) is 3.53. The van der Waals surface area contributed by atoms with E-state index in [1.54, 1.807) is 39.2 Å². The van der Waals surface area contributed by atoms with Gasteiger partial charge < -0.3 is 15.2 Å². The Morgan fingerprint density at radius 3 is 2.62 bits per heavy atom. The Balaban J connectivity index is 2.70. The largest absolute Gasteiger partial charge is 0.497 e. The molecule has 0 aliphatic rings. The third-order valence-electron chi connectivity index (χ3n) is 1.84. The number of nitrogens with one attached hydrogen (secondary N) is 1. The quantitative estimate of drug-likeness (QED) is 0.772. The third kappa shape index (κ3) is 3.34. The minimum Gasteiger partial charge on any atom is -0.497 e. The summed E-state index contributed by atoms with van der Waals surface area (Å²) in [5, 5.41) is 2.55. The Morgan fingerprint density at radius 1 is 1.44 bits per heavy atom. The standard InChI is InChI=1S/C11H16N2O3/c1-7(2)16-11(14)13-10-5-4-8(15-3)6-9(10)12/h4-7H,12H2,1-3H3,(H,13,14). The highest BCUT2D eigenvalue weighted by Gasteiger charge is 2.08. The lowest BCUT2D eigenvalue weighted by atomic mass is 10.2. The van der Waals surface area contributed by atoms with Crippen LogP contribution in [-0.4, -0.2) is 19.3 Å². The zero-order valence-electron chi connectivity index (χ0n) is 9.61. The first kappa shape index (κ1) is 12.2. The Bertz CT molecular complexity index is 377. The molecule has 0 spiro atoms. The van der Waals surface area contributed by atoms with Gasteiger partial charge in [0.15, 0.2) is 0 Å². The van der Waals surface area contributed by atoms with Crippen LogP contribution < -0.4 is 15.8 Å². The lowest BCUT2D eigenvalue weighted by molar-refractivity contribution is 0.130. The maximum absolute atomic E-state index is 11.3. The molecule has 3 N–H and O–H groups in total. The van der Waals surface area contributed by atoms with E-state index in [0.29, 0.717) is 17.1 Å². The van der Waals surface area contributed by atoms with Gasteiger partial charge in [0.1, 0.15) is 5.75 Å². The molecule has 0 fully saturated rings. The second-order valence-corrected chi connectivity index (χ2v) is 3.53. The van der Waals surface area contributed by atoms with Crippen molar-refractivity contribution in [3.63, 3.8) is 0 Å². The second kappa shape index (κ2) is 5.25. The van der Waals surface area contributed by atoms with Gasteiger partial charge in [0.25, 0.3) is 0 Å². The summed E-state index contributed by atoms with van der Waals surface area (Å²) in [5.41, 5.74) is 6.66. The number of nitrogen functional groups attached to an aromatic ring is 1. The van der Waals surface area contributed by atoms with Crippen LogP contribution in [0.15, 0.2) is 18.2 Å². The fraction of sp³-hybridized carbons (Fsp3) is 0.364. The van der Waals surface area contributed by atoms with E-state index in [4.69, 9.17) is 15.2 Å². The van der Waals surface area contributed by atoms with E-state index in [1.165, 1.54) is 0 Å². The van der Waals surface area contributed by atoms with Gasteiger partial charge in [-0.05, 0) is 26.0 Å². The molecule has 5 nitrogen and oxygen atoms in total. The normalized spacial score (nSPS) is 10.0. The number of hydrogen-bond acceptors (Lipinski definition) is 4. The molecule has 1 aromatic carbocycles. The number of ether oxygens (including phenoxy) is 2. The molecule has 0 saturated carbocycles. The summed E-state index contributed by atoms with van der Waals surface area (Å²) in [6, 6.07) is 5.00. The van der Waals surface area contributed by atoms with Gasteiger partial charge >= 0.3 is 6.09 Å². The predicted octanol–water partition coefficient (Wildman–Crippen LogP) is 2.23. The SMILES string of the molecule is COc1ccc(NC(=O)OC(C)C)c(N)c1. The number of benzene rings is 1. The Morgan fingerprint density at radius 2 is 2.12 bits per heavy atom. The van der Waals surface area contributed by atoms with E-state index in [9.17, 15) is 4.79 Å². The molecule has 0 atom stereocenters. The van der Waals surface area contributed by atoms with E-state index in [0.717, 1.165) is 0 Å². The average Bonchev–Trinajstić information content (AvgIpc) is 2.19. The molecular weight excluding hydrogens is 208 g/mol. The number of methoxy groups -OCH3 is 1. The van der Waals surface area contributed by atoms with Crippen LogP contribution in [0, 0.1) is 0 Å². The molecule has 88 valence electrons. The van der Waals surface area contributed by atoms with Crippen molar-refractivity contribution in [2.24, 2.45) is 0 Å². The third-order valence-corrected chi connectivity index (χ3v) is 1.84. The monoisotopic (exact) mass is 224 g/mol. The van der Waals surface area contributed by atoms with E-state index < -0.39 is 6.09 Å². The van der Waals surface area contributed by atoms with Crippen LogP contribution in [0.25, 0.3) is 0 Å². The molecule has 1 rings (SSSR count). The van der Waals surface area contributed by atoms with E-state index in [1.807, 2.05) is 0 Å². The number of amides is 1. The highest BCUT2D eigenvalue weighted by atomic mass is 16.6. The number of carbonyl (C=O) groups is 1. The minimum atomic E-state index is -0.521. The molecule has 1 amide bonds. The maximum atomic E-state index is 11.3. The number of hydrogen-bond donors (Lipinski definition) is 2. The number of nitrogens with two attached hydrogens (primary N) is 1. The zero-order valence-corrected chi connectivity index (χ0v) is 9.61. The molecule has 0 aliphatic carbocycles. The highest BCUT2D eigenvalue weighted by molar-refractivity contribution is 5.89. The van der Waals surface area contributed by atoms with Gasteiger partial charge in [-0.15, -0.1) is 0 Å². The van der Waals surface area contributed by atoms with Gasteiger partial charge in [-0.3, -0.25) is 5.32 Å². The summed E-state index contributed by atoms with van der Waals surface area (Å²) in [5.74, 6) is 0.639. The molecule has 0 saturated heterocycles. The van der Waals surface area contributed by atoms with Gasteiger partial charge in [-0.25, -0.2) is 4.79 Å². The first-order chi connectivity index (χ1) is 7.52. The molecule has 0 bridgehead atoms. The van der Waals surface area contributed by atoms with Crippen molar-refractivity contribution >= 4 is 17.5 Å². The Kier molecular flexibility index (Phi) is 3.99.